The monoisotopic (exact) mass is 302 g/mol. The summed E-state index contributed by atoms with van der Waals surface area (Å²) in [5.74, 6) is 0.216. The maximum atomic E-state index is 12.5. The molecule has 22 heavy (non-hydrogen) atoms. The normalized spacial score (nSPS) is 18.6. The fourth-order valence-electron chi connectivity index (χ4n) is 3.10. The quantitative estimate of drug-likeness (QED) is 0.848. The molecule has 0 saturated carbocycles. The van der Waals surface area contributed by atoms with Crippen molar-refractivity contribution >= 4 is 5.91 Å². The van der Waals surface area contributed by atoms with Crippen molar-refractivity contribution < 1.29 is 4.79 Å². The van der Waals surface area contributed by atoms with Crippen LogP contribution in [-0.4, -0.2) is 48.4 Å². The molecule has 7 nitrogen and oxygen atoms in total. The molecule has 0 bridgehead atoms. The Morgan fingerprint density at radius 2 is 2.32 bits per heavy atom. The Hall–Kier alpha value is -2.18. The summed E-state index contributed by atoms with van der Waals surface area (Å²) < 4.78 is 3.67. The van der Waals surface area contributed by atoms with Crippen LogP contribution < -0.4 is 0 Å². The van der Waals surface area contributed by atoms with Crippen molar-refractivity contribution in [3.05, 3.63) is 30.1 Å². The van der Waals surface area contributed by atoms with E-state index in [1.807, 2.05) is 29.7 Å². The lowest BCUT2D eigenvalue weighted by atomic mass is 10.0. The predicted molar refractivity (Wildman–Crippen MR) is 81.1 cm³/mol. The molecule has 0 spiro atoms. The van der Waals surface area contributed by atoms with Gasteiger partial charge in [0.15, 0.2) is 0 Å². The summed E-state index contributed by atoms with van der Waals surface area (Å²) in [7, 11) is 1.91. The topological polar surface area (TPSA) is 68.8 Å². The first-order valence-electron chi connectivity index (χ1n) is 7.74. The zero-order chi connectivity index (χ0) is 15.5. The van der Waals surface area contributed by atoms with Gasteiger partial charge in [-0.05, 0) is 31.7 Å². The van der Waals surface area contributed by atoms with E-state index in [4.69, 9.17) is 0 Å². The lowest BCUT2D eigenvalue weighted by molar-refractivity contribution is -0.132. The van der Waals surface area contributed by atoms with Crippen molar-refractivity contribution in [3.63, 3.8) is 0 Å². The standard InChI is InChI=1S/C15H22N6O/c1-12-13(8-19(2)18-12)5-6-15(22)20-7-3-4-14(9-20)21-11-16-10-17-21/h8,10-11,14H,3-7,9H2,1-2H3/t14-/m0/s1. The van der Waals surface area contributed by atoms with E-state index in [9.17, 15) is 4.79 Å². The van der Waals surface area contributed by atoms with Gasteiger partial charge in [-0.2, -0.15) is 10.2 Å². The van der Waals surface area contributed by atoms with Crippen LogP contribution >= 0.6 is 0 Å². The van der Waals surface area contributed by atoms with Crippen molar-refractivity contribution in [2.75, 3.05) is 13.1 Å². The van der Waals surface area contributed by atoms with Crippen LogP contribution in [0.15, 0.2) is 18.9 Å². The second-order valence-electron chi connectivity index (χ2n) is 5.92. The third-order valence-electron chi connectivity index (χ3n) is 4.28. The van der Waals surface area contributed by atoms with Crippen molar-refractivity contribution in [2.24, 2.45) is 7.05 Å². The van der Waals surface area contributed by atoms with Gasteiger partial charge in [-0.15, -0.1) is 0 Å². The maximum Gasteiger partial charge on any atom is 0.222 e. The fourth-order valence-corrected chi connectivity index (χ4v) is 3.10. The molecule has 1 saturated heterocycles. The highest BCUT2D eigenvalue weighted by atomic mass is 16.2. The number of rotatable bonds is 4. The maximum absolute atomic E-state index is 12.5. The molecular formula is C15H22N6O. The van der Waals surface area contributed by atoms with Crippen LogP contribution in [0.4, 0.5) is 0 Å². The van der Waals surface area contributed by atoms with Crippen LogP contribution in [0.25, 0.3) is 0 Å². The summed E-state index contributed by atoms with van der Waals surface area (Å²) in [5.41, 5.74) is 2.16. The van der Waals surface area contributed by atoms with Gasteiger partial charge in [0.05, 0.1) is 11.7 Å². The highest BCUT2D eigenvalue weighted by Gasteiger charge is 2.25. The molecule has 0 radical (unpaired) electrons. The van der Waals surface area contributed by atoms with E-state index >= 15 is 0 Å². The van der Waals surface area contributed by atoms with E-state index in [1.165, 1.54) is 0 Å². The average molecular weight is 302 g/mol. The number of nitrogens with zero attached hydrogens (tertiary/aromatic N) is 6. The van der Waals surface area contributed by atoms with Gasteiger partial charge in [0.1, 0.15) is 12.7 Å². The number of carbonyl (C=O) groups is 1. The summed E-state index contributed by atoms with van der Waals surface area (Å²) in [5, 5.41) is 8.52. The Bertz CT molecular complexity index is 633. The Kier molecular flexibility index (Phi) is 4.22. The molecule has 1 fully saturated rings. The minimum absolute atomic E-state index is 0.216. The summed E-state index contributed by atoms with van der Waals surface area (Å²) in [6.07, 6.45) is 8.64. The number of hydrogen-bond acceptors (Lipinski definition) is 4. The van der Waals surface area contributed by atoms with Gasteiger partial charge in [-0.1, -0.05) is 0 Å². The molecule has 1 atom stereocenters. The molecule has 118 valence electrons. The van der Waals surface area contributed by atoms with Crippen LogP contribution in [0.3, 0.4) is 0 Å². The van der Waals surface area contributed by atoms with E-state index in [0.717, 1.165) is 43.6 Å². The van der Waals surface area contributed by atoms with Crippen LogP contribution in [0.1, 0.15) is 36.6 Å². The Morgan fingerprint density at radius 3 is 3.00 bits per heavy atom. The first-order chi connectivity index (χ1) is 10.6. The molecule has 1 aliphatic rings. The number of aryl methyl sites for hydroxylation is 3. The molecule has 0 aliphatic carbocycles. The van der Waals surface area contributed by atoms with Gasteiger partial charge >= 0.3 is 0 Å². The molecular weight excluding hydrogens is 280 g/mol. The third kappa shape index (κ3) is 3.18. The average Bonchev–Trinajstić information content (AvgIpc) is 3.15. The zero-order valence-electron chi connectivity index (χ0n) is 13.1. The van der Waals surface area contributed by atoms with E-state index < -0.39 is 0 Å². The molecule has 1 aliphatic heterocycles. The van der Waals surface area contributed by atoms with E-state index in [0.29, 0.717) is 6.42 Å². The highest BCUT2D eigenvalue weighted by molar-refractivity contribution is 5.76. The zero-order valence-corrected chi connectivity index (χ0v) is 13.1. The Balaban J connectivity index is 1.56. The van der Waals surface area contributed by atoms with Gasteiger partial charge in [0.2, 0.25) is 5.91 Å². The molecule has 1 amide bonds. The predicted octanol–water partition coefficient (Wildman–Crippen LogP) is 1.12. The largest absolute Gasteiger partial charge is 0.341 e. The number of likely N-dealkylation sites (tertiary alicyclic amines) is 1. The first kappa shape index (κ1) is 14.7. The van der Waals surface area contributed by atoms with Crippen molar-refractivity contribution in [1.82, 2.24) is 29.4 Å². The summed E-state index contributed by atoms with van der Waals surface area (Å²) >= 11 is 0. The highest BCUT2D eigenvalue weighted by Crippen LogP contribution is 2.21. The number of amides is 1. The molecule has 0 aromatic carbocycles. The second kappa shape index (κ2) is 6.29. The van der Waals surface area contributed by atoms with Crippen molar-refractivity contribution in [1.29, 1.82) is 0 Å². The van der Waals surface area contributed by atoms with Crippen molar-refractivity contribution in [3.8, 4) is 0 Å². The Morgan fingerprint density at radius 1 is 1.45 bits per heavy atom. The number of carbonyl (C=O) groups excluding carboxylic acids is 1. The van der Waals surface area contributed by atoms with E-state index in [-0.39, 0.29) is 11.9 Å². The summed E-state index contributed by atoms with van der Waals surface area (Å²) in [6, 6.07) is 0.250. The van der Waals surface area contributed by atoms with Gasteiger partial charge < -0.3 is 4.90 Å². The Labute approximate surface area is 129 Å². The number of hydrogen-bond donors (Lipinski definition) is 0. The van der Waals surface area contributed by atoms with Crippen molar-refractivity contribution in [2.45, 2.75) is 38.6 Å². The van der Waals surface area contributed by atoms with Crippen LogP contribution in [-0.2, 0) is 18.3 Å². The second-order valence-corrected chi connectivity index (χ2v) is 5.92. The lowest BCUT2D eigenvalue weighted by Gasteiger charge is -2.32. The third-order valence-corrected chi connectivity index (χ3v) is 4.28. The van der Waals surface area contributed by atoms with Gasteiger partial charge in [0.25, 0.3) is 0 Å². The SMILES string of the molecule is Cc1nn(C)cc1CCC(=O)N1CCC[C@H](n2cncn2)C1. The summed E-state index contributed by atoms with van der Waals surface area (Å²) in [6.45, 7) is 3.56. The molecule has 2 aromatic heterocycles. The molecule has 0 unspecified atom stereocenters. The van der Waals surface area contributed by atoms with Crippen LogP contribution in [0.5, 0.6) is 0 Å². The number of piperidine rings is 1. The van der Waals surface area contributed by atoms with Gasteiger partial charge in [-0.3, -0.25) is 9.48 Å². The molecule has 0 N–H and O–H groups in total. The molecule has 7 heteroatoms. The smallest absolute Gasteiger partial charge is 0.222 e. The minimum atomic E-state index is 0.216. The van der Waals surface area contributed by atoms with Gasteiger partial charge in [0, 0.05) is 32.8 Å². The lowest BCUT2D eigenvalue weighted by Crippen LogP contribution is -2.40. The molecule has 3 rings (SSSR count). The van der Waals surface area contributed by atoms with E-state index in [2.05, 4.69) is 15.2 Å². The minimum Gasteiger partial charge on any atom is -0.341 e. The summed E-state index contributed by atoms with van der Waals surface area (Å²) in [4.78, 5) is 18.4. The number of aromatic nitrogens is 5. The van der Waals surface area contributed by atoms with Gasteiger partial charge in [-0.25, -0.2) is 9.67 Å². The first-order valence-corrected chi connectivity index (χ1v) is 7.74. The molecule has 3 heterocycles. The van der Waals surface area contributed by atoms with Crippen LogP contribution in [0.2, 0.25) is 0 Å². The van der Waals surface area contributed by atoms with Crippen LogP contribution in [0, 0.1) is 6.92 Å². The fraction of sp³-hybridized carbons (Fsp3) is 0.600. The molecule has 2 aromatic rings. The van der Waals surface area contributed by atoms with E-state index in [1.54, 1.807) is 17.3 Å².